The maximum atomic E-state index is 9.06. The van der Waals surface area contributed by atoms with Crippen LogP contribution in [0.15, 0.2) is 42.9 Å². The molecule has 0 aliphatic carbocycles. The van der Waals surface area contributed by atoms with E-state index in [1.807, 2.05) is 18.3 Å². The first-order chi connectivity index (χ1) is 10.3. The number of hydrogen-bond donors (Lipinski definition) is 1. The Morgan fingerprint density at radius 3 is 2.29 bits per heavy atom. The Labute approximate surface area is 124 Å². The zero-order chi connectivity index (χ0) is 14.5. The van der Waals surface area contributed by atoms with Crippen molar-refractivity contribution in [3.63, 3.8) is 0 Å². The highest BCUT2D eigenvalue weighted by molar-refractivity contribution is 5.35. The highest BCUT2D eigenvalue weighted by atomic mass is 16.3. The van der Waals surface area contributed by atoms with E-state index in [1.165, 1.54) is 5.56 Å². The van der Waals surface area contributed by atoms with Crippen LogP contribution < -0.4 is 4.90 Å². The molecule has 1 aliphatic rings. The lowest BCUT2D eigenvalue weighted by Crippen LogP contribution is -2.46. The minimum Gasteiger partial charge on any atom is -0.392 e. The second kappa shape index (κ2) is 6.65. The molecule has 1 aromatic heterocycles. The zero-order valence-electron chi connectivity index (χ0n) is 12.0. The SMILES string of the molecule is OCc1ccc(CN2CCN(c3cnccn3)CC2)cc1. The van der Waals surface area contributed by atoms with E-state index < -0.39 is 0 Å². The second-order valence-corrected chi connectivity index (χ2v) is 5.30. The topological polar surface area (TPSA) is 52.5 Å². The fourth-order valence-corrected chi connectivity index (χ4v) is 2.60. The van der Waals surface area contributed by atoms with Gasteiger partial charge in [0.2, 0.25) is 0 Å². The first-order valence-electron chi connectivity index (χ1n) is 7.27. The van der Waals surface area contributed by atoms with Gasteiger partial charge in [-0.2, -0.15) is 0 Å². The van der Waals surface area contributed by atoms with Crippen molar-refractivity contribution in [2.24, 2.45) is 0 Å². The van der Waals surface area contributed by atoms with Crippen molar-refractivity contribution in [2.45, 2.75) is 13.2 Å². The Morgan fingerprint density at radius 2 is 1.67 bits per heavy atom. The number of hydrogen-bond acceptors (Lipinski definition) is 5. The van der Waals surface area contributed by atoms with E-state index in [0.29, 0.717) is 0 Å². The van der Waals surface area contributed by atoms with Crippen LogP contribution >= 0.6 is 0 Å². The van der Waals surface area contributed by atoms with Crippen LogP contribution in [-0.4, -0.2) is 46.2 Å². The number of anilines is 1. The predicted octanol–water partition coefficient (Wildman–Crippen LogP) is 1.29. The van der Waals surface area contributed by atoms with Gasteiger partial charge in [0, 0.05) is 45.1 Å². The maximum Gasteiger partial charge on any atom is 0.147 e. The molecule has 1 saturated heterocycles. The molecule has 0 unspecified atom stereocenters. The Kier molecular flexibility index (Phi) is 4.43. The number of benzene rings is 1. The highest BCUT2D eigenvalue weighted by Gasteiger charge is 2.17. The summed E-state index contributed by atoms with van der Waals surface area (Å²) < 4.78 is 0. The lowest BCUT2D eigenvalue weighted by atomic mass is 10.1. The maximum absolute atomic E-state index is 9.06. The summed E-state index contributed by atoms with van der Waals surface area (Å²) >= 11 is 0. The van der Waals surface area contributed by atoms with Crippen LogP contribution in [0.5, 0.6) is 0 Å². The van der Waals surface area contributed by atoms with Crippen LogP contribution in [0.4, 0.5) is 5.82 Å². The van der Waals surface area contributed by atoms with Crippen molar-refractivity contribution in [1.82, 2.24) is 14.9 Å². The first kappa shape index (κ1) is 14.0. The third-order valence-corrected chi connectivity index (χ3v) is 3.86. The summed E-state index contributed by atoms with van der Waals surface area (Å²) in [6.07, 6.45) is 5.27. The number of aliphatic hydroxyl groups excluding tert-OH is 1. The number of nitrogens with zero attached hydrogens (tertiary/aromatic N) is 4. The van der Waals surface area contributed by atoms with Gasteiger partial charge in [-0.25, -0.2) is 4.98 Å². The smallest absolute Gasteiger partial charge is 0.147 e. The van der Waals surface area contributed by atoms with E-state index in [4.69, 9.17) is 5.11 Å². The minimum absolute atomic E-state index is 0.108. The van der Waals surface area contributed by atoms with Crippen molar-refractivity contribution < 1.29 is 5.11 Å². The van der Waals surface area contributed by atoms with Crippen LogP contribution in [0, 0.1) is 0 Å². The van der Waals surface area contributed by atoms with Crippen LogP contribution in [0.3, 0.4) is 0 Å². The van der Waals surface area contributed by atoms with Gasteiger partial charge in [-0.15, -0.1) is 0 Å². The lowest BCUT2D eigenvalue weighted by molar-refractivity contribution is 0.249. The summed E-state index contributed by atoms with van der Waals surface area (Å²) in [4.78, 5) is 13.2. The summed E-state index contributed by atoms with van der Waals surface area (Å²) in [5, 5.41) is 9.06. The molecule has 1 N–H and O–H groups in total. The molecule has 1 aromatic carbocycles. The number of rotatable bonds is 4. The highest BCUT2D eigenvalue weighted by Crippen LogP contribution is 2.14. The van der Waals surface area contributed by atoms with Crippen LogP contribution in [0.25, 0.3) is 0 Å². The van der Waals surface area contributed by atoms with E-state index in [0.717, 1.165) is 44.1 Å². The number of aromatic nitrogens is 2. The first-order valence-corrected chi connectivity index (χ1v) is 7.27. The van der Waals surface area contributed by atoms with Crippen molar-refractivity contribution in [3.8, 4) is 0 Å². The van der Waals surface area contributed by atoms with Gasteiger partial charge >= 0.3 is 0 Å². The minimum atomic E-state index is 0.108. The molecule has 0 saturated carbocycles. The van der Waals surface area contributed by atoms with Gasteiger partial charge in [0.15, 0.2) is 0 Å². The zero-order valence-corrected chi connectivity index (χ0v) is 12.0. The Hall–Kier alpha value is -1.98. The summed E-state index contributed by atoms with van der Waals surface area (Å²) in [7, 11) is 0. The summed E-state index contributed by atoms with van der Waals surface area (Å²) in [5.74, 6) is 0.962. The van der Waals surface area contributed by atoms with E-state index >= 15 is 0 Å². The second-order valence-electron chi connectivity index (χ2n) is 5.30. The average molecular weight is 284 g/mol. The molecule has 0 spiro atoms. The average Bonchev–Trinajstić information content (AvgIpc) is 2.57. The molecule has 0 atom stereocenters. The fraction of sp³-hybridized carbons (Fsp3) is 0.375. The Morgan fingerprint density at radius 1 is 0.952 bits per heavy atom. The molecule has 5 heteroatoms. The molecule has 3 rings (SSSR count). The summed E-state index contributed by atoms with van der Waals surface area (Å²) in [6, 6.07) is 8.18. The molecule has 21 heavy (non-hydrogen) atoms. The molecule has 2 aromatic rings. The molecule has 2 heterocycles. The van der Waals surface area contributed by atoms with Crippen LogP contribution in [0.2, 0.25) is 0 Å². The van der Waals surface area contributed by atoms with Gasteiger partial charge in [0.25, 0.3) is 0 Å². The molecular formula is C16H20N4O. The third kappa shape index (κ3) is 3.56. The number of aliphatic hydroxyl groups is 1. The monoisotopic (exact) mass is 284 g/mol. The van der Waals surface area contributed by atoms with Gasteiger partial charge in [-0.1, -0.05) is 24.3 Å². The van der Waals surface area contributed by atoms with Crippen molar-refractivity contribution in [2.75, 3.05) is 31.1 Å². The van der Waals surface area contributed by atoms with Crippen LogP contribution in [0.1, 0.15) is 11.1 Å². The van der Waals surface area contributed by atoms with Crippen molar-refractivity contribution in [1.29, 1.82) is 0 Å². The van der Waals surface area contributed by atoms with Crippen molar-refractivity contribution >= 4 is 5.82 Å². The Bertz CT molecular complexity index is 550. The lowest BCUT2D eigenvalue weighted by Gasteiger charge is -2.35. The Balaban J connectivity index is 1.53. The molecule has 110 valence electrons. The standard InChI is InChI=1S/C16H20N4O/c21-13-15-3-1-14(2-4-15)12-19-7-9-20(10-8-19)16-11-17-5-6-18-16/h1-6,11,21H,7-10,12-13H2. The van der Waals surface area contributed by atoms with Gasteiger partial charge in [0.1, 0.15) is 5.82 Å². The van der Waals surface area contributed by atoms with Gasteiger partial charge in [0.05, 0.1) is 12.8 Å². The molecule has 0 radical (unpaired) electrons. The fourth-order valence-electron chi connectivity index (χ4n) is 2.60. The van der Waals surface area contributed by atoms with Gasteiger partial charge in [-0.3, -0.25) is 9.88 Å². The predicted molar refractivity (Wildman–Crippen MR) is 81.9 cm³/mol. The summed E-state index contributed by atoms with van der Waals surface area (Å²) in [6.45, 7) is 5.08. The quantitative estimate of drug-likeness (QED) is 0.917. The molecular weight excluding hydrogens is 264 g/mol. The molecule has 5 nitrogen and oxygen atoms in total. The molecule has 1 aliphatic heterocycles. The van der Waals surface area contributed by atoms with Gasteiger partial charge < -0.3 is 10.0 Å². The van der Waals surface area contributed by atoms with Crippen molar-refractivity contribution in [3.05, 3.63) is 54.0 Å². The van der Waals surface area contributed by atoms with E-state index in [2.05, 4.69) is 31.9 Å². The normalized spacial score (nSPS) is 16.1. The third-order valence-electron chi connectivity index (χ3n) is 3.86. The largest absolute Gasteiger partial charge is 0.392 e. The summed E-state index contributed by atoms with van der Waals surface area (Å²) in [5.41, 5.74) is 2.26. The van der Waals surface area contributed by atoms with E-state index in [9.17, 15) is 0 Å². The number of piperazine rings is 1. The molecule has 0 bridgehead atoms. The molecule has 0 amide bonds. The van der Waals surface area contributed by atoms with Crippen LogP contribution in [-0.2, 0) is 13.2 Å². The van der Waals surface area contributed by atoms with E-state index in [-0.39, 0.29) is 6.61 Å². The van der Waals surface area contributed by atoms with Gasteiger partial charge in [-0.05, 0) is 11.1 Å². The van der Waals surface area contributed by atoms with E-state index in [1.54, 1.807) is 12.4 Å². The molecule has 1 fully saturated rings.